The maximum absolute atomic E-state index is 12.6. The van der Waals surface area contributed by atoms with Crippen molar-refractivity contribution in [3.63, 3.8) is 0 Å². The van der Waals surface area contributed by atoms with Crippen molar-refractivity contribution in [2.75, 3.05) is 16.8 Å². The summed E-state index contributed by atoms with van der Waals surface area (Å²) in [5.74, 6) is 0.974. The standard InChI is InChI=1S/C16H23N3O2S4/c1-5-6-24-13-8-11-10(7-12(13)19-15(22)23)17-14(18-11)25(20,21)9-16(2,3)4/h7-8H,5-6,9H2,1-4H3,(H,17,18)(H2,19,22,23). The minimum absolute atomic E-state index is 0.00877. The van der Waals surface area contributed by atoms with Gasteiger partial charge in [0.25, 0.3) is 0 Å². The van der Waals surface area contributed by atoms with Crippen molar-refractivity contribution in [2.24, 2.45) is 5.41 Å². The highest BCUT2D eigenvalue weighted by Crippen LogP contribution is 2.33. The largest absolute Gasteiger partial charge is 0.340 e. The SMILES string of the molecule is CCCSc1cc2nc(S(=O)(=O)CC(C)(C)C)[nH]c2cc1NC(=S)S. The minimum Gasteiger partial charge on any atom is -0.340 e. The number of hydrogen-bond donors (Lipinski definition) is 3. The van der Waals surface area contributed by atoms with E-state index in [0.29, 0.717) is 15.4 Å². The molecule has 1 aromatic carbocycles. The Bertz CT molecular complexity index is 883. The van der Waals surface area contributed by atoms with Crippen molar-refractivity contribution in [2.45, 2.75) is 44.2 Å². The first-order valence-electron chi connectivity index (χ1n) is 7.91. The molecule has 0 atom stereocenters. The van der Waals surface area contributed by atoms with E-state index in [0.717, 1.165) is 22.8 Å². The lowest BCUT2D eigenvalue weighted by molar-refractivity contribution is 0.460. The Hall–Kier alpha value is -0.770. The molecule has 0 spiro atoms. The normalized spacial score (nSPS) is 12.5. The van der Waals surface area contributed by atoms with Crippen LogP contribution in [0.3, 0.4) is 0 Å². The molecule has 138 valence electrons. The molecule has 0 radical (unpaired) electrons. The number of nitrogens with one attached hydrogen (secondary N) is 2. The first-order valence-corrected chi connectivity index (χ1v) is 11.4. The fourth-order valence-corrected chi connectivity index (χ4v) is 5.24. The number of hydrogen-bond acceptors (Lipinski definition) is 5. The molecule has 25 heavy (non-hydrogen) atoms. The summed E-state index contributed by atoms with van der Waals surface area (Å²) in [6, 6.07) is 3.72. The zero-order valence-electron chi connectivity index (χ0n) is 14.7. The monoisotopic (exact) mass is 417 g/mol. The Morgan fingerprint density at radius 2 is 2.08 bits per heavy atom. The minimum atomic E-state index is -3.48. The molecule has 0 amide bonds. The van der Waals surface area contributed by atoms with Gasteiger partial charge in [0.2, 0.25) is 15.0 Å². The van der Waals surface area contributed by atoms with Gasteiger partial charge in [0.15, 0.2) is 0 Å². The van der Waals surface area contributed by atoms with Gasteiger partial charge in [-0.15, -0.1) is 24.4 Å². The first kappa shape index (κ1) is 20.5. The molecule has 0 aliphatic rings. The zero-order chi connectivity index (χ0) is 18.8. The molecule has 9 heteroatoms. The summed E-state index contributed by atoms with van der Waals surface area (Å²) in [4.78, 5) is 8.23. The van der Waals surface area contributed by atoms with E-state index < -0.39 is 9.84 Å². The van der Waals surface area contributed by atoms with Crippen molar-refractivity contribution in [3.8, 4) is 0 Å². The van der Waals surface area contributed by atoms with Crippen LogP contribution in [0.25, 0.3) is 11.0 Å². The predicted octanol–water partition coefficient (Wildman–Crippen LogP) is 4.51. The molecule has 0 aliphatic carbocycles. The van der Waals surface area contributed by atoms with Crippen LogP contribution < -0.4 is 5.32 Å². The summed E-state index contributed by atoms with van der Waals surface area (Å²) >= 11 is 10.8. The number of nitrogens with zero attached hydrogens (tertiary/aromatic N) is 1. The highest BCUT2D eigenvalue weighted by molar-refractivity contribution is 8.11. The molecular formula is C16H23N3O2S4. The van der Waals surface area contributed by atoms with Crippen molar-refractivity contribution >= 4 is 67.5 Å². The molecule has 2 N–H and O–H groups in total. The van der Waals surface area contributed by atoms with Crippen molar-refractivity contribution in [1.29, 1.82) is 0 Å². The van der Waals surface area contributed by atoms with Crippen LogP contribution in [0.5, 0.6) is 0 Å². The Morgan fingerprint density at radius 1 is 1.40 bits per heavy atom. The van der Waals surface area contributed by atoms with Gasteiger partial charge in [-0.2, -0.15) is 0 Å². The van der Waals surface area contributed by atoms with Gasteiger partial charge < -0.3 is 10.3 Å². The molecule has 2 rings (SSSR count). The molecule has 5 nitrogen and oxygen atoms in total. The smallest absolute Gasteiger partial charge is 0.226 e. The Morgan fingerprint density at radius 3 is 2.64 bits per heavy atom. The topological polar surface area (TPSA) is 74.8 Å². The number of anilines is 1. The lowest BCUT2D eigenvalue weighted by Crippen LogP contribution is -2.21. The Labute approximate surface area is 164 Å². The second kappa shape index (κ2) is 7.85. The third kappa shape index (κ3) is 5.60. The van der Waals surface area contributed by atoms with Crippen LogP contribution in [0, 0.1) is 5.41 Å². The van der Waals surface area contributed by atoms with Crippen molar-refractivity contribution in [1.82, 2.24) is 9.97 Å². The molecule has 0 unspecified atom stereocenters. The van der Waals surface area contributed by atoms with E-state index in [1.807, 2.05) is 32.9 Å². The average molecular weight is 418 g/mol. The van der Waals surface area contributed by atoms with E-state index in [9.17, 15) is 8.42 Å². The quantitative estimate of drug-likeness (QED) is 0.365. The molecule has 0 aliphatic heterocycles. The number of aromatic nitrogens is 2. The Balaban J connectivity index is 2.50. The summed E-state index contributed by atoms with van der Waals surface area (Å²) in [5.41, 5.74) is 1.74. The molecule has 0 bridgehead atoms. The van der Waals surface area contributed by atoms with E-state index in [1.54, 1.807) is 11.8 Å². The summed E-state index contributed by atoms with van der Waals surface area (Å²) in [6.07, 6.45) is 1.03. The summed E-state index contributed by atoms with van der Waals surface area (Å²) in [7, 11) is -3.48. The number of imidazole rings is 1. The third-order valence-electron chi connectivity index (χ3n) is 3.18. The van der Waals surface area contributed by atoms with Gasteiger partial charge >= 0.3 is 0 Å². The molecule has 1 aromatic heterocycles. The molecule has 0 saturated carbocycles. The number of benzene rings is 1. The molecular weight excluding hydrogens is 394 g/mol. The second-order valence-electron chi connectivity index (χ2n) is 7.01. The fourth-order valence-electron chi connectivity index (χ4n) is 2.34. The van der Waals surface area contributed by atoms with Crippen LogP contribution in [-0.4, -0.2) is 34.2 Å². The lowest BCUT2D eigenvalue weighted by Gasteiger charge is -2.16. The summed E-state index contributed by atoms with van der Waals surface area (Å²) in [6.45, 7) is 7.78. The Kier molecular flexibility index (Phi) is 6.45. The highest BCUT2D eigenvalue weighted by atomic mass is 32.2. The number of aromatic amines is 1. The third-order valence-corrected chi connectivity index (χ3v) is 6.69. The number of rotatable bonds is 6. The maximum Gasteiger partial charge on any atom is 0.226 e. The van der Waals surface area contributed by atoms with Crippen LogP contribution in [0.15, 0.2) is 22.2 Å². The van der Waals surface area contributed by atoms with E-state index in [1.165, 1.54) is 0 Å². The van der Waals surface area contributed by atoms with Crippen molar-refractivity contribution < 1.29 is 8.42 Å². The zero-order valence-corrected chi connectivity index (χ0v) is 18.1. The summed E-state index contributed by atoms with van der Waals surface area (Å²) < 4.78 is 25.5. The average Bonchev–Trinajstić information content (AvgIpc) is 2.85. The van der Waals surface area contributed by atoms with Crippen LogP contribution in [-0.2, 0) is 9.84 Å². The molecule has 0 saturated heterocycles. The van der Waals surface area contributed by atoms with Crippen LogP contribution in [0.2, 0.25) is 0 Å². The number of fused-ring (bicyclic) bond motifs is 1. The van der Waals surface area contributed by atoms with E-state index >= 15 is 0 Å². The fraction of sp³-hybridized carbons (Fsp3) is 0.500. The van der Waals surface area contributed by atoms with Crippen LogP contribution in [0.4, 0.5) is 5.69 Å². The number of sulfone groups is 1. The van der Waals surface area contributed by atoms with Crippen molar-refractivity contribution in [3.05, 3.63) is 12.1 Å². The number of thioether (sulfide) groups is 1. The molecule has 2 aromatic rings. The predicted molar refractivity (Wildman–Crippen MR) is 114 cm³/mol. The van der Waals surface area contributed by atoms with Gasteiger partial charge in [-0.25, -0.2) is 13.4 Å². The van der Waals surface area contributed by atoms with Gasteiger partial charge in [0.05, 0.1) is 22.5 Å². The molecule has 0 fully saturated rings. The number of thiocarbonyl (C=S) groups is 1. The van der Waals surface area contributed by atoms with E-state index in [-0.39, 0.29) is 16.3 Å². The van der Waals surface area contributed by atoms with Gasteiger partial charge in [0.1, 0.15) is 4.32 Å². The number of thiol groups is 1. The van der Waals surface area contributed by atoms with Gasteiger partial charge in [-0.3, -0.25) is 0 Å². The summed E-state index contributed by atoms with van der Waals surface area (Å²) in [5, 5.41) is 3.05. The van der Waals surface area contributed by atoms with Gasteiger partial charge in [0, 0.05) is 4.90 Å². The van der Waals surface area contributed by atoms with Crippen LogP contribution in [0.1, 0.15) is 34.1 Å². The first-order chi connectivity index (χ1) is 11.5. The van der Waals surface area contributed by atoms with Crippen LogP contribution >= 0.6 is 36.6 Å². The maximum atomic E-state index is 12.6. The second-order valence-corrected chi connectivity index (χ2v) is 11.2. The molecule has 1 heterocycles. The highest BCUT2D eigenvalue weighted by Gasteiger charge is 2.26. The van der Waals surface area contributed by atoms with E-state index in [2.05, 4.69) is 34.8 Å². The number of H-pyrrole nitrogens is 1. The lowest BCUT2D eigenvalue weighted by atomic mass is 10.0. The van der Waals surface area contributed by atoms with Gasteiger partial charge in [-0.1, -0.05) is 39.9 Å². The van der Waals surface area contributed by atoms with Gasteiger partial charge in [-0.05, 0) is 29.7 Å². The van der Waals surface area contributed by atoms with E-state index in [4.69, 9.17) is 12.2 Å².